The second-order valence-corrected chi connectivity index (χ2v) is 8.87. The van der Waals surface area contributed by atoms with Gasteiger partial charge in [0.15, 0.2) is 0 Å². The molecule has 0 bridgehead atoms. The Morgan fingerprint density at radius 2 is 1.69 bits per heavy atom. The van der Waals surface area contributed by atoms with E-state index in [1.54, 1.807) is 0 Å². The number of halogens is 1. The Morgan fingerprint density at radius 3 is 2.51 bits per heavy atom. The van der Waals surface area contributed by atoms with E-state index in [9.17, 15) is 4.79 Å². The lowest BCUT2D eigenvalue weighted by atomic mass is 10.1. The molecule has 1 atom stereocenters. The van der Waals surface area contributed by atoms with Crippen LogP contribution in [0.5, 0.6) is 5.75 Å². The maximum absolute atomic E-state index is 13.1. The monoisotopic (exact) mass is 489 g/mol. The molecule has 0 N–H and O–H groups in total. The van der Waals surface area contributed by atoms with Crippen LogP contribution in [-0.4, -0.2) is 28.6 Å². The molecule has 0 radical (unpaired) electrons. The molecule has 1 aliphatic rings. The molecule has 6 heteroatoms. The van der Waals surface area contributed by atoms with Crippen LogP contribution in [0.3, 0.4) is 0 Å². The minimum atomic E-state index is 0. The molecule has 1 unspecified atom stereocenters. The number of hydrogen-bond acceptors (Lipinski definition) is 3. The Hall–Kier alpha value is -3.31. The maximum atomic E-state index is 13.1. The van der Waals surface area contributed by atoms with Gasteiger partial charge in [-0.25, -0.2) is 4.98 Å². The van der Waals surface area contributed by atoms with Crippen molar-refractivity contribution in [3.8, 4) is 5.75 Å². The molecule has 3 aromatic carbocycles. The quantitative estimate of drug-likeness (QED) is 0.255. The van der Waals surface area contributed by atoms with E-state index in [0.29, 0.717) is 19.6 Å². The molecule has 0 saturated carbocycles. The number of unbranched alkanes of at least 4 members (excludes halogenated alkanes) is 1. The Balaban J connectivity index is 0.00000289. The van der Waals surface area contributed by atoms with Crippen molar-refractivity contribution in [1.29, 1.82) is 0 Å². The molecule has 0 spiro atoms. The molecule has 182 valence electrons. The van der Waals surface area contributed by atoms with Gasteiger partial charge < -0.3 is 14.2 Å². The highest BCUT2D eigenvalue weighted by atomic mass is 35.5. The van der Waals surface area contributed by atoms with Crippen LogP contribution < -0.4 is 9.64 Å². The van der Waals surface area contributed by atoms with Gasteiger partial charge in [0.25, 0.3) is 0 Å². The normalized spacial score (nSPS) is 15.4. The molecule has 2 heterocycles. The van der Waals surface area contributed by atoms with Crippen molar-refractivity contribution in [3.05, 3.63) is 90.3 Å². The number of fused-ring (bicyclic) bond motifs is 1. The largest absolute Gasteiger partial charge is 0.494 e. The summed E-state index contributed by atoms with van der Waals surface area (Å²) in [5.74, 6) is 2.20. The van der Waals surface area contributed by atoms with Crippen molar-refractivity contribution >= 4 is 35.0 Å². The number of benzene rings is 3. The predicted molar refractivity (Wildman–Crippen MR) is 144 cm³/mol. The molecule has 35 heavy (non-hydrogen) atoms. The summed E-state index contributed by atoms with van der Waals surface area (Å²) in [7, 11) is 0. The lowest BCUT2D eigenvalue weighted by molar-refractivity contribution is -0.117. The van der Waals surface area contributed by atoms with Gasteiger partial charge in [-0.2, -0.15) is 0 Å². The summed E-state index contributed by atoms with van der Waals surface area (Å²) < 4.78 is 8.19. The number of aromatic nitrogens is 2. The standard InChI is InChI=1S/C29H31N3O2.ClH/c1-2-22-12-6-8-16-26(22)32-21-23(20-28(32)33)29-30-25-15-7-9-17-27(25)31(29)18-10-11-19-34-24-13-4-3-5-14-24;/h3-9,12-17,23H,2,10-11,18-21H2,1H3;1H. The highest BCUT2D eigenvalue weighted by molar-refractivity contribution is 5.97. The van der Waals surface area contributed by atoms with Crippen LogP contribution in [0, 0.1) is 0 Å². The highest BCUT2D eigenvalue weighted by Crippen LogP contribution is 2.34. The van der Waals surface area contributed by atoms with Gasteiger partial charge in [0.2, 0.25) is 5.91 Å². The number of hydrogen-bond donors (Lipinski definition) is 0. The Labute approximate surface area is 213 Å². The topological polar surface area (TPSA) is 47.4 Å². The van der Waals surface area contributed by atoms with Crippen LogP contribution in [0.15, 0.2) is 78.9 Å². The molecular formula is C29H32ClN3O2. The second-order valence-electron chi connectivity index (χ2n) is 8.87. The van der Waals surface area contributed by atoms with E-state index in [2.05, 4.69) is 41.8 Å². The van der Waals surface area contributed by atoms with E-state index in [-0.39, 0.29) is 24.2 Å². The van der Waals surface area contributed by atoms with Gasteiger partial charge in [-0.15, -0.1) is 12.4 Å². The smallest absolute Gasteiger partial charge is 0.227 e. The summed E-state index contributed by atoms with van der Waals surface area (Å²) in [6, 6.07) is 26.5. The fraction of sp³-hybridized carbons (Fsp3) is 0.310. The van der Waals surface area contributed by atoms with Crippen LogP contribution >= 0.6 is 12.4 Å². The van der Waals surface area contributed by atoms with Crippen molar-refractivity contribution < 1.29 is 9.53 Å². The van der Waals surface area contributed by atoms with E-state index in [0.717, 1.165) is 54.1 Å². The molecule has 1 aromatic heterocycles. The molecule has 1 saturated heterocycles. The first-order valence-corrected chi connectivity index (χ1v) is 12.3. The van der Waals surface area contributed by atoms with Gasteiger partial charge in [-0.3, -0.25) is 4.79 Å². The van der Waals surface area contributed by atoms with Gasteiger partial charge in [-0.1, -0.05) is 55.5 Å². The summed E-state index contributed by atoms with van der Waals surface area (Å²) in [6.07, 6.45) is 3.36. The second kappa shape index (κ2) is 11.4. The number of nitrogens with zero attached hydrogens (tertiary/aromatic N) is 3. The fourth-order valence-corrected chi connectivity index (χ4v) is 4.91. The van der Waals surface area contributed by atoms with Crippen LogP contribution in [0.25, 0.3) is 11.0 Å². The number of carbonyl (C=O) groups excluding carboxylic acids is 1. The third-order valence-electron chi connectivity index (χ3n) is 6.63. The van der Waals surface area contributed by atoms with E-state index >= 15 is 0 Å². The number of carbonyl (C=O) groups is 1. The van der Waals surface area contributed by atoms with Crippen LogP contribution in [-0.2, 0) is 17.8 Å². The first-order chi connectivity index (χ1) is 16.7. The summed E-state index contributed by atoms with van der Waals surface area (Å²) in [6.45, 7) is 4.37. The predicted octanol–water partition coefficient (Wildman–Crippen LogP) is 6.40. The van der Waals surface area contributed by atoms with Crippen molar-refractivity contribution in [3.63, 3.8) is 0 Å². The van der Waals surface area contributed by atoms with Gasteiger partial charge in [0.05, 0.1) is 17.6 Å². The third-order valence-corrected chi connectivity index (χ3v) is 6.63. The Kier molecular flexibility index (Phi) is 8.09. The van der Waals surface area contributed by atoms with Gasteiger partial charge in [0, 0.05) is 31.1 Å². The van der Waals surface area contributed by atoms with Gasteiger partial charge in [-0.05, 0) is 55.2 Å². The molecular weight excluding hydrogens is 458 g/mol. The number of para-hydroxylation sites is 4. The van der Waals surface area contributed by atoms with Crippen LogP contribution in [0.2, 0.25) is 0 Å². The van der Waals surface area contributed by atoms with Gasteiger partial charge >= 0.3 is 0 Å². The number of aryl methyl sites for hydroxylation is 2. The Morgan fingerprint density at radius 1 is 0.943 bits per heavy atom. The average Bonchev–Trinajstić information content (AvgIpc) is 3.45. The van der Waals surface area contributed by atoms with E-state index in [4.69, 9.17) is 9.72 Å². The van der Waals surface area contributed by atoms with Crippen molar-refractivity contribution in [2.75, 3.05) is 18.1 Å². The molecule has 5 nitrogen and oxygen atoms in total. The lowest BCUT2D eigenvalue weighted by Gasteiger charge is -2.20. The minimum absolute atomic E-state index is 0. The molecule has 4 aromatic rings. The zero-order chi connectivity index (χ0) is 23.3. The molecule has 1 amide bonds. The van der Waals surface area contributed by atoms with Crippen molar-refractivity contribution in [2.24, 2.45) is 0 Å². The molecule has 1 fully saturated rings. The molecule has 1 aliphatic heterocycles. The molecule has 0 aliphatic carbocycles. The summed E-state index contributed by atoms with van der Waals surface area (Å²) in [5, 5.41) is 0. The average molecular weight is 490 g/mol. The van der Waals surface area contributed by atoms with Crippen molar-refractivity contribution in [2.45, 2.75) is 45.1 Å². The highest BCUT2D eigenvalue weighted by Gasteiger charge is 2.35. The molecule has 5 rings (SSSR count). The minimum Gasteiger partial charge on any atom is -0.494 e. The third kappa shape index (κ3) is 5.35. The van der Waals surface area contributed by atoms with Gasteiger partial charge in [0.1, 0.15) is 11.6 Å². The first kappa shape index (κ1) is 24.8. The summed E-state index contributed by atoms with van der Waals surface area (Å²) in [4.78, 5) is 20.0. The number of amides is 1. The Bertz CT molecular complexity index is 1270. The van der Waals surface area contributed by atoms with E-state index in [1.165, 1.54) is 5.56 Å². The summed E-state index contributed by atoms with van der Waals surface area (Å²) in [5.41, 5.74) is 4.39. The number of anilines is 1. The number of ether oxygens (including phenoxy) is 1. The first-order valence-electron chi connectivity index (χ1n) is 12.3. The number of imidazole rings is 1. The fourth-order valence-electron chi connectivity index (χ4n) is 4.91. The van der Waals surface area contributed by atoms with Crippen LogP contribution in [0.4, 0.5) is 5.69 Å². The number of rotatable bonds is 9. The van der Waals surface area contributed by atoms with E-state index in [1.807, 2.05) is 53.4 Å². The van der Waals surface area contributed by atoms with E-state index < -0.39 is 0 Å². The zero-order valence-electron chi connectivity index (χ0n) is 20.1. The van der Waals surface area contributed by atoms with Crippen molar-refractivity contribution in [1.82, 2.24) is 9.55 Å². The zero-order valence-corrected chi connectivity index (χ0v) is 20.9. The SMILES string of the molecule is CCc1ccccc1N1CC(c2nc3ccccc3n2CCCCOc2ccccc2)CC1=O.Cl. The maximum Gasteiger partial charge on any atom is 0.227 e. The lowest BCUT2D eigenvalue weighted by Crippen LogP contribution is -2.25. The summed E-state index contributed by atoms with van der Waals surface area (Å²) >= 11 is 0. The van der Waals surface area contributed by atoms with Crippen LogP contribution in [0.1, 0.15) is 43.5 Å².